The van der Waals surface area contributed by atoms with Crippen LogP contribution in [0.25, 0.3) is 0 Å². The lowest BCUT2D eigenvalue weighted by Gasteiger charge is -2.08. The van der Waals surface area contributed by atoms with Crippen molar-refractivity contribution in [1.29, 1.82) is 0 Å². The zero-order valence-electron chi connectivity index (χ0n) is 11.0. The first kappa shape index (κ1) is 13.9. The van der Waals surface area contributed by atoms with E-state index < -0.39 is 0 Å². The molecule has 4 nitrogen and oxygen atoms in total. The second kappa shape index (κ2) is 6.55. The fourth-order valence-electron chi connectivity index (χ4n) is 2.03. The molecule has 0 saturated heterocycles. The average molecular weight is 238 g/mol. The number of imidazole rings is 1. The van der Waals surface area contributed by atoms with Gasteiger partial charge in [0.15, 0.2) is 0 Å². The standard InChI is InChI=1S/C13H22N2O2/c1-4-12-10(3)15(13(5-2)14-12)8-6-11(17)7-9-16/h16H,4-9H2,1-3H3. The van der Waals surface area contributed by atoms with E-state index in [4.69, 9.17) is 5.11 Å². The van der Waals surface area contributed by atoms with Crippen LogP contribution in [0.1, 0.15) is 43.9 Å². The normalized spacial score (nSPS) is 10.8. The van der Waals surface area contributed by atoms with E-state index in [2.05, 4.69) is 30.3 Å². The van der Waals surface area contributed by atoms with Gasteiger partial charge < -0.3 is 9.67 Å². The Kier molecular flexibility index (Phi) is 5.35. The summed E-state index contributed by atoms with van der Waals surface area (Å²) < 4.78 is 2.13. The third-order valence-corrected chi connectivity index (χ3v) is 3.05. The van der Waals surface area contributed by atoms with Crippen molar-refractivity contribution < 1.29 is 9.90 Å². The van der Waals surface area contributed by atoms with Crippen LogP contribution in [0.5, 0.6) is 0 Å². The first-order valence-corrected chi connectivity index (χ1v) is 6.31. The molecule has 1 aromatic rings. The maximum Gasteiger partial charge on any atom is 0.136 e. The fourth-order valence-corrected chi connectivity index (χ4v) is 2.03. The number of aliphatic hydroxyl groups is 1. The van der Waals surface area contributed by atoms with Gasteiger partial charge in [-0.15, -0.1) is 0 Å². The summed E-state index contributed by atoms with van der Waals surface area (Å²) in [7, 11) is 0. The molecule has 0 aliphatic heterocycles. The minimum Gasteiger partial charge on any atom is -0.396 e. The van der Waals surface area contributed by atoms with Crippen LogP contribution in [0.2, 0.25) is 0 Å². The number of aryl methyl sites for hydroxylation is 2. The first-order valence-electron chi connectivity index (χ1n) is 6.31. The summed E-state index contributed by atoms with van der Waals surface area (Å²) in [5, 5.41) is 8.69. The molecule has 1 heterocycles. The van der Waals surface area contributed by atoms with Crippen molar-refractivity contribution >= 4 is 5.78 Å². The Morgan fingerprint density at radius 1 is 1.29 bits per heavy atom. The van der Waals surface area contributed by atoms with Gasteiger partial charge in [-0.2, -0.15) is 0 Å². The molecule has 0 amide bonds. The average Bonchev–Trinajstić information content (AvgIpc) is 2.63. The van der Waals surface area contributed by atoms with E-state index in [1.54, 1.807) is 0 Å². The highest BCUT2D eigenvalue weighted by Gasteiger charge is 2.12. The highest BCUT2D eigenvalue weighted by molar-refractivity contribution is 5.78. The van der Waals surface area contributed by atoms with Crippen LogP contribution in [0, 0.1) is 6.92 Å². The van der Waals surface area contributed by atoms with Crippen molar-refractivity contribution in [1.82, 2.24) is 9.55 Å². The van der Waals surface area contributed by atoms with Crippen LogP contribution < -0.4 is 0 Å². The van der Waals surface area contributed by atoms with Crippen molar-refractivity contribution in [3.63, 3.8) is 0 Å². The van der Waals surface area contributed by atoms with Gasteiger partial charge in [-0.05, 0) is 13.3 Å². The van der Waals surface area contributed by atoms with Crippen LogP contribution in [0.15, 0.2) is 0 Å². The van der Waals surface area contributed by atoms with Gasteiger partial charge in [-0.1, -0.05) is 13.8 Å². The van der Waals surface area contributed by atoms with Crippen LogP contribution in [-0.2, 0) is 24.2 Å². The predicted octanol–water partition coefficient (Wildman–Crippen LogP) is 1.66. The number of nitrogens with zero attached hydrogens (tertiary/aromatic N) is 2. The largest absolute Gasteiger partial charge is 0.396 e. The monoisotopic (exact) mass is 238 g/mol. The SMILES string of the molecule is CCc1nc(CC)n(CCC(=O)CCO)c1C. The molecule has 4 heteroatoms. The molecule has 17 heavy (non-hydrogen) atoms. The van der Waals surface area contributed by atoms with Gasteiger partial charge in [0.1, 0.15) is 11.6 Å². The molecule has 0 fully saturated rings. The van der Waals surface area contributed by atoms with Gasteiger partial charge in [0.2, 0.25) is 0 Å². The molecule has 0 atom stereocenters. The molecule has 0 aliphatic rings. The number of hydrogen-bond acceptors (Lipinski definition) is 3. The third-order valence-electron chi connectivity index (χ3n) is 3.05. The predicted molar refractivity (Wildman–Crippen MR) is 67.0 cm³/mol. The number of ketones is 1. The molecule has 0 aromatic carbocycles. The molecule has 0 bridgehead atoms. The van der Waals surface area contributed by atoms with Crippen LogP contribution in [0.3, 0.4) is 0 Å². The number of hydrogen-bond donors (Lipinski definition) is 1. The first-order chi connectivity index (χ1) is 8.13. The molecule has 0 unspecified atom stereocenters. The van der Waals surface area contributed by atoms with Gasteiger partial charge >= 0.3 is 0 Å². The maximum atomic E-state index is 11.4. The number of rotatable bonds is 7. The molecular weight excluding hydrogens is 216 g/mol. The minimum atomic E-state index is -0.0530. The number of carbonyl (C=O) groups excluding carboxylic acids is 1. The van der Waals surface area contributed by atoms with Crippen molar-refractivity contribution in [3.05, 3.63) is 17.2 Å². The van der Waals surface area contributed by atoms with E-state index in [0.29, 0.717) is 13.0 Å². The Bertz CT molecular complexity index is 383. The molecule has 96 valence electrons. The summed E-state index contributed by atoms with van der Waals surface area (Å²) in [6.07, 6.45) is 2.55. The Balaban J connectivity index is 2.75. The van der Waals surface area contributed by atoms with E-state index in [-0.39, 0.29) is 18.8 Å². The van der Waals surface area contributed by atoms with Crippen molar-refractivity contribution in [2.45, 2.75) is 53.0 Å². The zero-order chi connectivity index (χ0) is 12.8. The molecule has 0 saturated carbocycles. The summed E-state index contributed by atoms with van der Waals surface area (Å²) in [4.78, 5) is 16.0. The summed E-state index contributed by atoms with van der Waals surface area (Å²) in [5.74, 6) is 1.16. The van der Waals surface area contributed by atoms with E-state index >= 15 is 0 Å². The molecule has 1 N–H and O–H groups in total. The Morgan fingerprint density at radius 2 is 2.00 bits per heavy atom. The molecule has 1 aromatic heterocycles. The number of aliphatic hydroxyl groups excluding tert-OH is 1. The zero-order valence-corrected chi connectivity index (χ0v) is 11.0. The maximum absolute atomic E-state index is 11.4. The van der Waals surface area contributed by atoms with Crippen molar-refractivity contribution in [3.8, 4) is 0 Å². The minimum absolute atomic E-state index is 0.0530. The second-order valence-electron chi connectivity index (χ2n) is 4.18. The number of aromatic nitrogens is 2. The van der Waals surface area contributed by atoms with Crippen molar-refractivity contribution in [2.24, 2.45) is 0 Å². The number of Topliss-reactive ketones (excluding diaryl/α,β-unsaturated/α-hetero) is 1. The Hall–Kier alpha value is -1.16. The van der Waals surface area contributed by atoms with Gasteiger partial charge in [0.05, 0.1) is 5.69 Å². The van der Waals surface area contributed by atoms with E-state index in [1.807, 2.05) is 0 Å². The molecule has 0 aliphatic carbocycles. The van der Waals surface area contributed by atoms with Gasteiger partial charge in [-0.25, -0.2) is 4.98 Å². The van der Waals surface area contributed by atoms with E-state index in [0.717, 1.165) is 24.4 Å². The second-order valence-corrected chi connectivity index (χ2v) is 4.18. The van der Waals surface area contributed by atoms with Gasteiger partial charge in [0, 0.05) is 38.1 Å². The molecule has 0 radical (unpaired) electrons. The van der Waals surface area contributed by atoms with Gasteiger partial charge in [-0.3, -0.25) is 4.79 Å². The Morgan fingerprint density at radius 3 is 2.53 bits per heavy atom. The number of carbonyl (C=O) groups is 1. The lowest BCUT2D eigenvalue weighted by Crippen LogP contribution is -2.10. The Labute approximate surface area is 103 Å². The molecular formula is C13H22N2O2. The summed E-state index contributed by atoms with van der Waals surface area (Å²) in [6.45, 7) is 6.86. The van der Waals surface area contributed by atoms with E-state index in [1.165, 1.54) is 5.69 Å². The lowest BCUT2D eigenvalue weighted by molar-refractivity contribution is -0.119. The topological polar surface area (TPSA) is 55.1 Å². The molecule has 0 spiro atoms. The van der Waals surface area contributed by atoms with E-state index in [9.17, 15) is 4.79 Å². The van der Waals surface area contributed by atoms with Crippen LogP contribution in [0.4, 0.5) is 0 Å². The fraction of sp³-hybridized carbons (Fsp3) is 0.692. The summed E-state index contributed by atoms with van der Waals surface area (Å²) >= 11 is 0. The highest BCUT2D eigenvalue weighted by atomic mass is 16.3. The smallest absolute Gasteiger partial charge is 0.136 e. The van der Waals surface area contributed by atoms with Crippen molar-refractivity contribution in [2.75, 3.05) is 6.61 Å². The van der Waals surface area contributed by atoms with Gasteiger partial charge in [0.25, 0.3) is 0 Å². The summed E-state index contributed by atoms with van der Waals surface area (Å²) in [6, 6.07) is 0. The third kappa shape index (κ3) is 3.40. The highest BCUT2D eigenvalue weighted by Crippen LogP contribution is 2.13. The quantitative estimate of drug-likeness (QED) is 0.786. The van der Waals surface area contributed by atoms with Crippen LogP contribution >= 0.6 is 0 Å². The lowest BCUT2D eigenvalue weighted by atomic mass is 10.2. The molecule has 1 rings (SSSR count). The summed E-state index contributed by atoms with van der Waals surface area (Å²) in [5.41, 5.74) is 2.29. The van der Waals surface area contributed by atoms with Crippen LogP contribution in [-0.4, -0.2) is 27.0 Å².